The summed E-state index contributed by atoms with van der Waals surface area (Å²) in [5, 5.41) is 2.96. The lowest BCUT2D eigenvalue weighted by Gasteiger charge is -2.30. The van der Waals surface area contributed by atoms with Gasteiger partial charge in [0.05, 0.1) is 11.9 Å². The molecule has 0 radical (unpaired) electrons. The van der Waals surface area contributed by atoms with Crippen LogP contribution in [0, 0.1) is 6.92 Å². The van der Waals surface area contributed by atoms with E-state index in [1.807, 2.05) is 51.1 Å². The number of amides is 2. The number of sulfonamides is 1. The van der Waals surface area contributed by atoms with E-state index in [0.717, 1.165) is 23.8 Å². The number of carbonyl (C=O) groups excluding carboxylic acids is 2. The molecule has 0 aromatic heterocycles. The van der Waals surface area contributed by atoms with Crippen LogP contribution in [0.3, 0.4) is 0 Å². The van der Waals surface area contributed by atoms with Gasteiger partial charge in [-0.1, -0.05) is 49.4 Å². The Morgan fingerprint density at radius 3 is 2.21 bits per heavy atom. The highest BCUT2D eigenvalue weighted by Gasteiger charge is 2.27. The van der Waals surface area contributed by atoms with Gasteiger partial charge in [0, 0.05) is 25.6 Å². The van der Waals surface area contributed by atoms with Crippen molar-refractivity contribution < 1.29 is 18.0 Å². The lowest BCUT2D eigenvalue weighted by Crippen LogP contribution is -2.49. The molecule has 0 saturated heterocycles. The molecule has 7 nitrogen and oxygen atoms in total. The number of aryl methyl sites for hydroxylation is 1. The molecule has 8 heteroatoms. The average molecular weight is 488 g/mol. The monoisotopic (exact) mass is 487 g/mol. The minimum Gasteiger partial charge on any atom is -0.352 e. The molecule has 0 aliphatic heterocycles. The topological polar surface area (TPSA) is 86.8 Å². The van der Waals surface area contributed by atoms with Crippen molar-refractivity contribution in [1.82, 2.24) is 10.2 Å². The van der Waals surface area contributed by atoms with Crippen molar-refractivity contribution in [1.29, 1.82) is 0 Å². The SMILES string of the molecule is CCC(C)NC(=O)C(C)N(Cc1ccccc1C)C(=O)CCCN(c1ccccc1)S(C)(=O)=O. The molecular weight excluding hydrogens is 450 g/mol. The molecule has 2 rings (SSSR count). The van der Waals surface area contributed by atoms with Gasteiger partial charge in [-0.15, -0.1) is 0 Å². The molecule has 0 bridgehead atoms. The predicted octanol–water partition coefficient (Wildman–Crippen LogP) is 3.87. The van der Waals surface area contributed by atoms with Crippen LogP contribution in [-0.4, -0.2) is 50.0 Å². The molecule has 2 aromatic rings. The van der Waals surface area contributed by atoms with Gasteiger partial charge < -0.3 is 10.2 Å². The highest BCUT2D eigenvalue weighted by molar-refractivity contribution is 7.92. The summed E-state index contributed by atoms with van der Waals surface area (Å²) in [4.78, 5) is 27.7. The van der Waals surface area contributed by atoms with Gasteiger partial charge in [-0.2, -0.15) is 0 Å². The summed E-state index contributed by atoms with van der Waals surface area (Å²) in [5.41, 5.74) is 2.58. The number of carbonyl (C=O) groups is 2. The standard InChI is InChI=1S/C26H37N3O4S/c1-6-21(3)27-26(31)22(4)28(19-23-14-11-10-13-20(23)2)25(30)17-12-18-29(34(5,32)33)24-15-8-7-9-16-24/h7-11,13-16,21-22H,6,12,17-19H2,1-5H3,(H,27,31). The summed E-state index contributed by atoms with van der Waals surface area (Å²) in [6, 6.07) is 16.0. The van der Waals surface area contributed by atoms with E-state index in [0.29, 0.717) is 18.7 Å². The maximum atomic E-state index is 13.3. The molecule has 0 aliphatic carbocycles. The minimum absolute atomic E-state index is 0.0135. The van der Waals surface area contributed by atoms with E-state index in [9.17, 15) is 18.0 Å². The normalized spacial score (nSPS) is 13.1. The molecule has 1 N–H and O–H groups in total. The summed E-state index contributed by atoms with van der Waals surface area (Å²) in [5.74, 6) is -0.380. The zero-order valence-corrected chi connectivity index (χ0v) is 21.6. The Balaban J connectivity index is 2.16. The Kier molecular flexibility index (Phi) is 10.1. The van der Waals surface area contributed by atoms with Crippen molar-refractivity contribution in [2.45, 2.75) is 65.6 Å². The molecule has 0 spiro atoms. The van der Waals surface area contributed by atoms with Crippen molar-refractivity contribution in [3.8, 4) is 0 Å². The summed E-state index contributed by atoms with van der Waals surface area (Å²) in [6.07, 6.45) is 2.43. The third-order valence-corrected chi connectivity index (χ3v) is 7.16. The molecule has 2 atom stereocenters. The van der Waals surface area contributed by atoms with Crippen molar-refractivity contribution in [3.05, 3.63) is 65.7 Å². The number of nitrogens with zero attached hydrogens (tertiary/aromatic N) is 2. The quantitative estimate of drug-likeness (QED) is 0.492. The van der Waals surface area contributed by atoms with Gasteiger partial charge in [0.1, 0.15) is 6.04 Å². The lowest BCUT2D eigenvalue weighted by atomic mass is 10.1. The Morgan fingerprint density at radius 1 is 1.00 bits per heavy atom. The fourth-order valence-electron chi connectivity index (χ4n) is 3.62. The molecular formula is C26H37N3O4S. The smallest absolute Gasteiger partial charge is 0.242 e. The Labute approximate surface area is 204 Å². The van der Waals surface area contributed by atoms with Crippen LogP contribution in [0.1, 0.15) is 51.2 Å². The van der Waals surface area contributed by atoms with Crippen LogP contribution in [0.25, 0.3) is 0 Å². The first-order valence-electron chi connectivity index (χ1n) is 11.7. The summed E-state index contributed by atoms with van der Waals surface area (Å²) in [7, 11) is -3.49. The van der Waals surface area contributed by atoms with Gasteiger partial charge in [-0.25, -0.2) is 8.42 Å². The van der Waals surface area contributed by atoms with Crippen LogP contribution in [-0.2, 0) is 26.2 Å². The van der Waals surface area contributed by atoms with Gasteiger partial charge in [0.15, 0.2) is 0 Å². The summed E-state index contributed by atoms with van der Waals surface area (Å²) in [6.45, 7) is 8.13. The number of rotatable bonds is 12. The van der Waals surface area contributed by atoms with Crippen molar-refractivity contribution in [2.24, 2.45) is 0 Å². The second-order valence-corrected chi connectivity index (χ2v) is 10.6. The second-order valence-electron chi connectivity index (χ2n) is 8.72. The van der Waals surface area contributed by atoms with Gasteiger partial charge in [-0.05, 0) is 56.9 Å². The van der Waals surface area contributed by atoms with Gasteiger partial charge in [-0.3, -0.25) is 13.9 Å². The van der Waals surface area contributed by atoms with E-state index in [1.165, 1.54) is 4.31 Å². The third kappa shape index (κ3) is 7.87. The van der Waals surface area contributed by atoms with Gasteiger partial charge in [0.2, 0.25) is 21.8 Å². The van der Waals surface area contributed by atoms with E-state index >= 15 is 0 Å². The molecule has 0 heterocycles. The summed E-state index contributed by atoms with van der Waals surface area (Å²) < 4.78 is 26.0. The first-order valence-corrected chi connectivity index (χ1v) is 13.6. The predicted molar refractivity (Wildman–Crippen MR) is 137 cm³/mol. The van der Waals surface area contributed by atoms with E-state index < -0.39 is 16.1 Å². The molecule has 2 aromatic carbocycles. The van der Waals surface area contributed by atoms with Crippen molar-refractivity contribution in [2.75, 3.05) is 17.1 Å². The Hall–Kier alpha value is -2.87. The van der Waals surface area contributed by atoms with E-state index in [1.54, 1.807) is 36.1 Å². The zero-order valence-electron chi connectivity index (χ0n) is 20.8. The maximum Gasteiger partial charge on any atom is 0.242 e. The highest BCUT2D eigenvalue weighted by Crippen LogP contribution is 2.19. The first kappa shape index (κ1) is 27.4. The van der Waals surface area contributed by atoms with Crippen LogP contribution in [0.15, 0.2) is 54.6 Å². The lowest BCUT2D eigenvalue weighted by molar-refractivity contribution is -0.140. The molecule has 186 valence electrons. The average Bonchev–Trinajstić information content (AvgIpc) is 2.80. The van der Waals surface area contributed by atoms with Crippen LogP contribution in [0.5, 0.6) is 0 Å². The van der Waals surface area contributed by atoms with Crippen LogP contribution in [0.2, 0.25) is 0 Å². The van der Waals surface area contributed by atoms with Crippen LogP contribution >= 0.6 is 0 Å². The fraction of sp³-hybridized carbons (Fsp3) is 0.462. The molecule has 34 heavy (non-hydrogen) atoms. The summed E-state index contributed by atoms with van der Waals surface area (Å²) >= 11 is 0. The first-order chi connectivity index (χ1) is 16.0. The number of nitrogens with one attached hydrogen (secondary N) is 1. The number of benzene rings is 2. The third-order valence-electron chi connectivity index (χ3n) is 5.97. The number of anilines is 1. The molecule has 0 aliphatic rings. The number of hydrogen-bond acceptors (Lipinski definition) is 4. The molecule has 2 unspecified atom stereocenters. The maximum absolute atomic E-state index is 13.3. The van der Waals surface area contributed by atoms with Gasteiger partial charge in [0.25, 0.3) is 0 Å². The minimum atomic E-state index is -3.49. The Morgan fingerprint density at radius 2 is 1.62 bits per heavy atom. The second kappa shape index (κ2) is 12.6. The van der Waals surface area contributed by atoms with E-state index in [4.69, 9.17) is 0 Å². The van der Waals surface area contributed by atoms with Crippen LogP contribution < -0.4 is 9.62 Å². The van der Waals surface area contributed by atoms with Crippen molar-refractivity contribution >= 4 is 27.5 Å². The fourth-order valence-corrected chi connectivity index (χ4v) is 4.58. The molecule has 0 saturated carbocycles. The molecule has 2 amide bonds. The number of hydrogen-bond donors (Lipinski definition) is 1. The highest BCUT2D eigenvalue weighted by atomic mass is 32.2. The number of para-hydroxylation sites is 1. The zero-order chi connectivity index (χ0) is 25.3. The van der Waals surface area contributed by atoms with Gasteiger partial charge >= 0.3 is 0 Å². The van der Waals surface area contributed by atoms with Crippen LogP contribution in [0.4, 0.5) is 5.69 Å². The van der Waals surface area contributed by atoms with Crippen molar-refractivity contribution in [3.63, 3.8) is 0 Å². The Bertz CT molecular complexity index is 1060. The molecule has 0 fully saturated rings. The van der Waals surface area contributed by atoms with E-state index in [2.05, 4.69) is 5.32 Å². The van der Waals surface area contributed by atoms with E-state index in [-0.39, 0.29) is 30.8 Å². The largest absolute Gasteiger partial charge is 0.352 e.